The fraction of sp³-hybridized carbons (Fsp3) is 0.500. The topological polar surface area (TPSA) is 44.8 Å². The Hall–Kier alpha value is -0.683. The Kier molecular flexibility index (Phi) is 9.76. The quantitative estimate of drug-likeness (QED) is 0.297. The number of carbonyl (C=O) groups excluding carboxylic acids is 1. The first-order chi connectivity index (χ1) is 9.19. The fourth-order valence-electron chi connectivity index (χ4n) is 1.88. The van der Waals surface area contributed by atoms with Gasteiger partial charge in [-0.3, -0.25) is 4.79 Å². The van der Waals surface area contributed by atoms with Crippen molar-refractivity contribution in [1.29, 1.82) is 0 Å². The van der Waals surface area contributed by atoms with E-state index in [4.69, 9.17) is 14.2 Å². The third kappa shape index (κ3) is 4.70. The Balaban J connectivity index is 0.00000361. The van der Waals surface area contributed by atoms with Crippen LogP contribution in [-0.2, 0) is 0 Å². The van der Waals surface area contributed by atoms with Crippen molar-refractivity contribution in [3.05, 3.63) is 17.7 Å². The molecule has 0 aromatic heterocycles. The van der Waals surface area contributed by atoms with Gasteiger partial charge in [-0.1, -0.05) is 6.42 Å². The predicted molar refractivity (Wildman–Crippen MR) is 77.5 cm³/mol. The van der Waals surface area contributed by atoms with Crippen molar-refractivity contribution in [3.8, 4) is 17.2 Å². The zero-order valence-corrected chi connectivity index (χ0v) is 13.6. The summed E-state index contributed by atoms with van der Waals surface area (Å²) in [6.07, 6.45) is 3.13. The molecule has 20 heavy (non-hydrogen) atoms. The molecule has 1 aromatic carbocycles. The first-order valence-electron chi connectivity index (χ1n) is 6.16. The number of carbonyl (C=O) groups is 1. The molecule has 0 N–H and O–H groups in total. The Morgan fingerprint density at radius 1 is 1.05 bits per heavy atom. The second-order valence-electron chi connectivity index (χ2n) is 4.01. The Morgan fingerprint density at radius 3 is 2.15 bits per heavy atom. The molecule has 0 unspecified atom stereocenters. The smallest absolute Gasteiger partial charge is 0.558 e. The number of hydrogen-bond donors (Lipinski definition) is 0. The first-order valence-corrected chi connectivity index (χ1v) is 6.87. The standard InChI is InChI=1S/C14H20O4P.Li/c1-16-11-7-8-12(17-2)14(18-3)13(11)10(15)6-4-5-9-19;/h7-8,19H,4-6,9H2,1-3H3;/q-1;+1. The van der Waals surface area contributed by atoms with Crippen molar-refractivity contribution in [2.24, 2.45) is 0 Å². The van der Waals surface area contributed by atoms with Gasteiger partial charge in [0.2, 0.25) is 0 Å². The molecule has 1 aromatic rings. The van der Waals surface area contributed by atoms with E-state index in [0.717, 1.165) is 19.0 Å². The third-order valence-corrected chi connectivity index (χ3v) is 3.19. The largest absolute Gasteiger partial charge is 1.00 e. The normalized spacial score (nSPS) is 9.60. The molecule has 0 spiro atoms. The fourth-order valence-corrected chi connectivity index (χ4v) is 2.13. The predicted octanol–water partition coefficient (Wildman–Crippen LogP) is 0.212. The molecule has 0 amide bonds. The molecule has 0 atom stereocenters. The SMILES string of the molecule is COc1ccc(OC)c(C(=O)CCCC[PH-])c1OC.[Li+]. The summed E-state index contributed by atoms with van der Waals surface area (Å²) in [7, 11) is 8.00. The molecular formula is C14H20LiO4P. The van der Waals surface area contributed by atoms with Crippen molar-refractivity contribution in [1.82, 2.24) is 0 Å². The van der Waals surface area contributed by atoms with Crippen LogP contribution in [0.4, 0.5) is 0 Å². The van der Waals surface area contributed by atoms with E-state index in [2.05, 4.69) is 9.24 Å². The molecule has 0 saturated heterocycles. The molecule has 4 nitrogen and oxygen atoms in total. The van der Waals surface area contributed by atoms with E-state index in [0.29, 0.717) is 29.2 Å². The van der Waals surface area contributed by atoms with Crippen molar-refractivity contribution in [3.63, 3.8) is 0 Å². The number of hydrogen-bond acceptors (Lipinski definition) is 4. The van der Waals surface area contributed by atoms with Gasteiger partial charge in [-0.25, -0.2) is 0 Å². The van der Waals surface area contributed by atoms with Gasteiger partial charge in [0, 0.05) is 6.42 Å². The minimum absolute atomic E-state index is 0. The maximum Gasteiger partial charge on any atom is 1.00 e. The zero-order valence-electron chi connectivity index (χ0n) is 12.6. The molecular weight excluding hydrogens is 270 g/mol. The van der Waals surface area contributed by atoms with Crippen LogP contribution in [-0.4, -0.2) is 33.3 Å². The Labute approximate surface area is 134 Å². The first kappa shape index (κ1) is 19.3. The van der Waals surface area contributed by atoms with Gasteiger partial charge in [-0.05, 0) is 18.6 Å². The maximum absolute atomic E-state index is 12.3. The molecule has 1 rings (SSSR count). The van der Waals surface area contributed by atoms with E-state index in [-0.39, 0.29) is 24.6 Å². The van der Waals surface area contributed by atoms with Gasteiger partial charge in [-0.2, -0.15) is 6.16 Å². The van der Waals surface area contributed by atoms with Gasteiger partial charge in [0.1, 0.15) is 11.3 Å². The third-order valence-electron chi connectivity index (χ3n) is 2.84. The van der Waals surface area contributed by atoms with Gasteiger partial charge < -0.3 is 23.5 Å². The van der Waals surface area contributed by atoms with Crippen LogP contribution in [0.1, 0.15) is 29.6 Å². The number of ether oxygens (including phenoxy) is 3. The van der Waals surface area contributed by atoms with Crippen LogP contribution in [0.15, 0.2) is 12.1 Å². The van der Waals surface area contributed by atoms with E-state index in [9.17, 15) is 4.79 Å². The number of rotatable bonds is 8. The Bertz CT molecular complexity index is 437. The molecule has 0 aliphatic carbocycles. The van der Waals surface area contributed by atoms with Crippen LogP contribution in [0.3, 0.4) is 0 Å². The van der Waals surface area contributed by atoms with E-state index >= 15 is 0 Å². The number of ketones is 1. The monoisotopic (exact) mass is 290 g/mol. The summed E-state index contributed by atoms with van der Waals surface area (Å²) >= 11 is 0. The molecule has 0 aliphatic rings. The Morgan fingerprint density at radius 2 is 1.65 bits per heavy atom. The molecule has 0 radical (unpaired) electrons. The molecule has 0 saturated carbocycles. The molecule has 0 heterocycles. The zero-order chi connectivity index (χ0) is 14.3. The molecule has 0 aliphatic heterocycles. The second kappa shape index (κ2) is 10.1. The molecule has 0 bridgehead atoms. The van der Waals surface area contributed by atoms with E-state index < -0.39 is 0 Å². The number of Topliss-reactive ketones (excluding diaryl/α,β-unsaturated/α-hetero) is 1. The maximum atomic E-state index is 12.3. The number of unbranched alkanes of at least 4 members (excludes halogenated alkanes) is 1. The van der Waals surface area contributed by atoms with Crippen molar-refractivity contribution in [2.75, 3.05) is 27.5 Å². The molecule has 6 heteroatoms. The van der Waals surface area contributed by atoms with E-state index in [1.54, 1.807) is 19.2 Å². The van der Waals surface area contributed by atoms with Crippen molar-refractivity contribution < 1.29 is 37.9 Å². The van der Waals surface area contributed by atoms with E-state index in [1.165, 1.54) is 14.2 Å². The summed E-state index contributed by atoms with van der Waals surface area (Å²) in [4.78, 5) is 12.3. The van der Waals surface area contributed by atoms with Crippen LogP contribution in [0.25, 0.3) is 0 Å². The van der Waals surface area contributed by atoms with Crippen LogP contribution >= 0.6 is 9.24 Å². The molecule has 0 fully saturated rings. The van der Waals surface area contributed by atoms with Gasteiger partial charge in [-0.15, -0.1) is 0 Å². The second-order valence-corrected chi connectivity index (χ2v) is 4.51. The summed E-state index contributed by atoms with van der Waals surface area (Å²) in [5, 5.41) is 0. The molecule has 106 valence electrons. The van der Waals surface area contributed by atoms with E-state index in [1.807, 2.05) is 0 Å². The van der Waals surface area contributed by atoms with Crippen LogP contribution in [0.5, 0.6) is 17.2 Å². The summed E-state index contributed by atoms with van der Waals surface area (Å²) in [5.41, 5.74) is 0.457. The summed E-state index contributed by atoms with van der Waals surface area (Å²) < 4.78 is 15.8. The summed E-state index contributed by atoms with van der Waals surface area (Å²) in [6, 6.07) is 3.45. The summed E-state index contributed by atoms with van der Waals surface area (Å²) in [6.45, 7) is 0. The average molecular weight is 290 g/mol. The summed E-state index contributed by atoms with van der Waals surface area (Å²) in [5.74, 6) is 1.49. The van der Waals surface area contributed by atoms with Gasteiger partial charge >= 0.3 is 18.9 Å². The van der Waals surface area contributed by atoms with Gasteiger partial charge in [0.05, 0.1) is 21.3 Å². The van der Waals surface area contributed by atoms with Crippen molar-refractivity contribution in [2.45, 2.75) is 19.3 Å². The number of methoxy groups -OCH3 is 3. The van der Waals surface area contributed by atoms with Gasteiger partial charge in [0.15, 0.2) is 17.3 Å². The average Bonchev–Trinajstić information content (AvgIpc) is 2.45. The van der Waals surface area contributed by atoms with Crippen LogP contribution in [0, 0.1) is 0 Å². The minimum atomic E-state index is 0. The van der Waals surface area contributed by atoms with Crippen LogP contribution < -0.4 is 33.1 Å². The van der Waals surface area contributed by atoms with Crippen molar-refractivity contribution >= 4 is 15.0 Å². The number of benzene rings is 1. The van der Waals surface area contributed by atoms with Crippen LogP contribution in [0.2, 0.25) is 0 Å². The van der Waals surface area contributed by atoms with Gasteiger partial charge in [0.25, 0.3) is 0 Å². The minimum Gasteiger partial charge on any atom is -0.558 e.